The van der Waals surface area contributed by atoms with Crippen LogP contribution in [0.5, 0.6) is 0 Å². The SMILES string of the molecule is Cc1ccccc1S(=O)(=O)N1CCC(c2nnc3n2CCNC3)CC1.Cl. The number of rotatable bonds is 3. The van der Waals surface area contributed by atoms with Crippen LogP contribution in [0.3, 0.4) is 0 Å². The molecule has 1 saturated heterocycles. The van der Waals surface area contributed by atoms with Crippen molar-refractivity contribution < 1.29 is 8.42 Å². The summed E-state index contributed by atoms with van der Waals surface area (Å²) in [5.74, 6) is 2.28. The van der Waals surface area contributed by atoms with E-state index in [1.54, 1.807) is 16.4 Å². The smallest absolute Gasteiger partial charge is 0.243 e. The predicted octanol–water partition coefficient (Wildman–Crippen LogP) is 1.68. The Labute approximate surface area is 160 Å². The minimum Gasteiger partial charge on any atom is -0.312 e. The van der Waals surface area contributed by atoms with Gasteiger partial charge in [0, 0.05) is 32.1 Å². The highest BCUT2D eigenvalue weighted by atomic mass is 35.5. The van der Waals surface area contributed by atoms with E-state index >= 15 is 0 Å². The minimum absolute atomic E-state index is 0. The van der Waals surface area contributed by atoms with E-state index < -0.39 is 10.0 Å². The molecule has 0 spiro atoms. The number of piperidine rings is 1. The van der Waals surface area contributed by atoms with Gasteiger partial charge in [0.15, 0.2) is 0 Å². The average Bonchev–Trinajstić information content (AvgIpc) is 3.06. The normalized spacial score (nSPS) is 19.0. The number of sulfonamides is 1. The van der Waals surface area contributed by atoms with Crippen LogP contribution in [0.15, 0.2) is 29.2 Å². The van der Waals surface area contributed by atoms with Crippen LogP contribution in [0.1, 0.15) is 36.0 Å². The van der Waals surface area contributed by atoms with E-state index in [1.807, 2.05) is 19.1 Å². The summed E-state index contributed by atoms with van der Waals surface area (Å²) in [6, 6.07) is 7.18. The second-order valence-corrected chi connectivity index (χ2v) is 8.65. The van der Waals surface area contributed by atoms with Gasteiger partial charge in [0.25, 0.3) is 0 Å². The van der Waals surface area contributed by atoms with Gasteiger partial charge in [-0.05, 0) is 31.4 Å². The number of aryl methyl sites for hydroxylation is 1. The first-order valence-corrected chi connectivity index (χ1v) is 10.2. The van der Waals surface area contributed by atoms with E-state index in [-0.39, 0.29) is 18.3 Å². The molecule has 0 bridgehead atoms. The average molecular weight is 398 g/mol. The number of nitrogens with one attached hydrogen (secondary N) is 1. The van der Waals surface area contributed by atoms with Gasteiger partial charge < -0.3 is 9.88 Å². The van der Waals surface area contributed by atoms with Crippen molar-refractivity contribution in [1.29, 1.82) is 0 Å². The summed E-state index contributed by atoms with van der Waals surface area (Å²) in [7, 11) is -3.42. The number of aromatic nitrogens is 3. The fourth-order valence-electron chi connectivity index (χ4n) is 3.76. The lowest BCUT2D eigenvalue weighted by Crippen LogP contribution is -2.39. The van der Waals surface area contributed by atoms with Crippen LogP contribution in [-0.2, 0) is 23.1 Å². The molecule has 142 valence electrons. The summed E-state index contributed by atoms with van der Waals surface area (Å²) in [6.07, 6.45) is 1.58. The van der Waals surface area contributed by atoms with E-state index in [4.69, 9.17) is 0 Å². The Morgan fingerprint density at radius 1 is 1.12 bits per heavy atom. The van der Waals surface area contributed by atoms with Crippen LogP contribution in [0.25, 0.3) is 0 Å². The molecule has 3 heterocycles. The maximum absolute atomic E-state index is 12.9. The Kier molecular flexibility index (Phi) is 5.67. The maximum atomic E-state index is 12.9. The Bertz CT molecular complexity index is 875. The highest BCUT2D eigenvalue weighted by Crippen LogP contribution is 2.31. The second-order valence-electron chi connectivity index (χ2n) is 6.75. The highest BCUT2D eigenvalue weighted by molar-refractivity contribution is 7.89. The topological polar surface area (TPSA) is 80.1 Å². The van der Waals surface area contributed by atoms with Crippen LogP contribution < -0.4 is 5.32 Å². The Hall–Kier alpha value is -1.48. The molecule has 0 atom stereocenters. The lowest BCUT2D eigenvalue weighted by molar-refractivity contribution is 0.307. The third kappa shape index (κ3) is 3.38. The van der Waals surface area contributed by atoms with Crippen molar-refractivity contribution in [2.24, 2.45) is 0 Å². The van der Waals surface area contributed by atoms with Crippen molar-refractivity contribution >= 4 is 22.4 Å². The molecule has 4 rings (SSSR count). The molecule has 1 N–H and O–H groups in total. The van der Waals surface area contributed by atoms with Crippen LogP contribution in [-0.4, -0.2) is 47.1 Å². The summed E-state index contributed by atoms with van der Waals surface area (Å²) in [6.45, 7) is 5.48. The molecule has 26 heavy (non-hydrogen) atoms. The third-order valence-corrected chi connectivity index (χ3v) is 7.24. The molecule has 0 saturated carbocycles. The molecule has 2 aliphatic rings. The molecule has 0 radical (unpaired) electrons. The van der Waals surface area contributed by atoms with Crippen LogP contribution in [0.4, 0.5) is 0 Å². The van der Waals surface area contributed by atoms with Crippen molar-refractivity contribution in [1.82, 2.24) is 24.4 Å². The molecule has 1 fully saturated rings. The van der Waals surface area contributed by atoms with Crippen molar-refractivity contribution in [3.8, 4) is 0 Å². The van der Waals surface area contributed by atoms with E-state index in [1.165, 1.54) is 0 Å². The van der Waals surface area contributed by atoms with Gasteiger partial charge in [-0.25, -0.2) is 8.42 Å². The zero-order chi connectivity index (χ0) is 17.4. The summed E-state index contributed by atoms with van der Waals surface area (Å²) in [4.78, 5) is 0.416. The fraction of sp³-hybridized carbons (Fsp3) is 0.529. The van der Waals surface area contributed by atoms with Crippen LogP contribution >= 0.6 is 12.4 Å². The van der Waals surface area contributed by atoms with Gasteiger partial charge in [0.1, 0.15) is 11.6 Å². The van der Waals surface area contributed by atoms with E-state index in [0.717, 1.165) is 49.7 Å². The van der Waals surface area contributed by atoms with Crippen molar-refractivity contribution in [3.63, 3.8) is 0 Å². The molecular formula is C17H24ClN5O2S. The third-order valence-electron chi connectivity index (χ3n) is 5.18. The summed E-state index contributed by atoms with van der Waals surface area (Å²) in [5.41, 5.74) is 0.795. The Morgan fingerprint density at radius 2 is 1.85 bits per heavy atom. The van der Waals surface area contributed by atoms with E-state index in [9.17, 15) is 8.42 Å². The fourth-order valence-corrected chi connectivity index (χ4v) is 5.45. The van der Waals surface area contributed by atoms with Crippen molar-refractivity contribution in [2.75, 3.05) is 19.6 Å². The molecule has 9 heteroatoms. The van der Waals surface area contributed by atoms with E-state index in [0.29, 0.717) is 18.0 Å². The lowest BCUT2D eigenvalue weighted by atomic mass is 9.97. The molecule has 1 aromatic heterocycles. The largest absolute Gasteiger partial charge is 0.312 e. The van der Waals surface area contributed by atoms with Crippen LogP contribution in [0, 0.1) is 6.92 Å². The molecule has 0 aliphatic carbocycles. The quantitative estimate of drug-likeness (QED) is 0.852. The first kappa shape index (κ1) is 19.3. The van der Waals surface area contributed by atoms with Crippen molar-refractivity contribution in [3.05, 3.63) is 41.5 Å². The lowest BCUT2D eigenvalue weighted by Gasteiger charge is -2.31. The molecule has 2 aromatic rings. The minimum atomic E-state index is -3.42. The molecule has 7 nitrogen and oxygen atoms in total. The van der Waals surface area contributed by atoms with Crippen molar-refractivity contribution in [2.45, 2.75) is 43.7 Å². The molecule has 0 amide bonds. The number of hydrogen-bond donors (Lipinski definition) is 1. The maximum Gasteiger partial charge on any atom is 0.243 e. The number of hydrogen-bond acceptors (Lipinski definition) is 5. The second kappa shape index (κ2) is 7.64. The standard InChI is InChI=1S/C17H23N5O2S.ClH/c1-13-4-2-3-5-15(13)25(23,24)21-9-6-14(7-10-21)17-20-19-16-12-18-8-11-22(16)17;/h2-5,14,18H,6-12H2,1H3;1H. The Balaban J connectivity index is 0.00000196. The molecule has 1 aromatic carbocycles. The number of benzene rings is 1. The molecule has 2 aliphatic heterocycles. The van der Waals surface area contributed by atoms with Crippen LogP contribution in [0.2, 0.25) is 0 Å². The van der Waals surface area contributed by atoms with E-state index in [2.05, 4.69) is 20.1 Å². The zero-order valence-corrected chi connectivity index (χ0v) is 16.4. The van der Waals surface area contributed by atoms with Gasteiger partial charge in [0.2, 0.25) is 10.0 Å². The van der Waals surface area contributed by atoms with Gasteiger partial charge in [-0.3, -0.25) is 0 Å². The number of halogens is 1. The van der Waals surface area contributed by atoms with Gasteiger partial charge in [-0.2, -0.15) is 4.31 Å². The van der Waals surface area contributed by atoms with Gasteiger partial charge in [0.05, 0.1) is 11.4 Å². The monoisotopic (exact) mass is 397 g/mol. The summed E-state index contributed by atoms with van der Waals surface area (Å²) in [5, 5.41) is 12.0. The highest BCUT2D eigenvalue weighted by Gasteiger charge is 2.33. The number of fused-ring (bicyclic) bond motifs is 1. The first-order valence-electron chi connectivity index (χ1n) is 8.76. The van der Waals surface area contributed by atoms with Gasteiger partial charge in [-0.1, -0.05) is 18.2 Å². The number of nitrogens with zero attached hydrogens (tertiary/aromatic N) is 4. The predicted molar refractivity (Wildman–Crippen MR) is 101 cm³/mol. The van der Waals surface area contributed by atoms with Gasteiger partial charge >= 0.3 is 0 Å². The van der Waals surface area contributed by atoms with Gasteiger partial charge in [-0.15, -0.1) is 22.6 Å². The molecular weight excluding hydrogens is 374 g/mol. The first-order chi connectivity index (χ1) is 12.1. The molecule has 0 unspecified atom stereocenters. The summed E-state index contributed by atoms with van der Waals surface area (Å²) >= 11 is 0. The Morgan fingerprint density at radius 3 is 2.58 bits per heavy atom. The zero-order valence-electron chi connectivity index (χ0n) is 14.8. The summed E-state index contributed by atoms with van der Waals surface area (Å²) < 4.78 is 29.6.